The van der Waals surface area contributed by atoms with Gasteiger partial charge in [0, 0.05) is 28.7 Å². The molecule has 0 aliphatic carbocycles. The predicted octanol–water partition coefficient (Wildman–Crippen LogP) is 2.86. The Kier molecular flexibility index (Phi) is 7.37. The molecule has 0 saturated carbocycles. The minimum absolute atomic E-state index is 0.0599. The van der Waals surface area contributed by atoms with Crippen LogP contribution in [0.25, 0.3) is 5.69 Å². The van der Waals surface area contributed by atoms with Crippen molar-refractivity contribution in [1.29, 1.82) is 0 Å². The number of amides is 2. The van der Waals surface area contributed by atoms with Crippen LogP contribution in [0.2, 0.25) is 0 Å². The quantitative estimate of drug-likeness (QED) is 0.437. The molecule has 2 aromatic rings. The van der Waals surface area contributed by atoms with Crippen molar-refractivity contribution in [1.82, 2.24) is 15.3 Å². The van der Waals surface area contributed by atoms with Crippen LogP contribution in [0.15, 0.2) is 35.4 Å². The molecule has 0 aliphatic rings. The molecule has 0 radical (unpaired) electrons. The normalized spacial score (nSPS) is 12.0. The lowest BCUT2D eigenvalue weighted by Crippen LogP contribution is -2.41. The number of hydrogen-bond acceptors (Lipinski definition) is 4. The maximum absolute atomic E-state index is 11.8. The van der Waals surface area contributed by atoms with E-state index >= 15 is 0 Å². The molecule has 1 aromatic carbocycles. The van der Waals surface area contributed by atoms with Gasteiger partial charge in [0.15, 0.2) is 0 Å². The molecule has 0 fully saturated rings. The Morgan fingerprint density at radius 3 is 2.46 bits per heavy atom. The van der Waals surface area contributed by atoms with Crippen LogP contribution in [-0.2, 0) is 9.59 Å². The maximum atomic E-state index is 11.8. The van der Waals surface area contributed by atoms with E-state index in [2.05, 4.69) is 20.4 Å². The SMILES string of the molecule is CCOc1ccc(-n2c(C)cc(/C=N\NC(=O)C(=O)N[C@H](C)CC)c2C)cc1. The second-order valence-corrected chi connectivity index (χ2v) is 6.57. The first kappa shape index (κ1) is 21.2. The summed E-state index contributed by atoms with van der Waals surface area (Å²) in [6, 6.07) is 9.76. The fraction of sp³-hybridized carbons (Fsp3) is 0.381. The molecule has 150 valence electrons. The van der Waals surface area contributed by atoms with E-state index in [-0.39, 0.29) is 6.04 Å². The van der Waals surface area contributed by atoms with Gasteiger partial charge in [-0.2, -0.15) is 5.10 Å². The number of hydrogen-bond donors (Lipinski definition) is 2. The van der Waals surface area contributed by atoms with E-state index in [4.69, 9.17) is 4.74 Å². The standard InChI is InChI=1S/C21H28N4O3/c1-6-14(3)23-20(26)21(27)24-22-13-17-12-15(4)25(16(17)5)18-8-10-19(11-9-18)28-7-2/h8-14H,6-7H2,1-5H3,(H,23,26)(H,24,27)/b22-13-/t14-/m1/s1. The van der Waals surface area contributed by atoms with E-state index in [1.54, 1.807) is 6.21 Å². The van der Waals surface area contributed by atoms with Crippen LogP contribution in [0.5, 0.6) is 5.75 Å². The van der Waals surface area contributed by atoms with Gasteiger partial charge in [-0.25, -0.2) is 5.43 Å². The van der Waals surface area contributed by atoms with Crippen LogP contribution in [-0.4, -0.2) is 35.2 Å². The lowest BCUT2D eigenvalue weighted by atomic mass is 10.2. The topological polar surface area (TPSA) is 84.7 Å². The molecular weight excluding hydrogens is 356 g/mol. The molecule has 7 nitrogen and oxygen atoms in total. The fourth-order valence-electron chi connectivity index (χ4n) is 2.78. The van der Waals surface area contributed by atoms with Gasteiger partial charge >= 0.3 is 11.8 Å². The summed E-state index contributed by atoms with van der Waals surface area (Å²) in [7, 11) is 0. The first-order chi connectivity index (χ1) is 13.4. The third kappa shape index (κ3) is 5.22. The Hall–Kier alpha value is -3.09. The second kappa shape index (κ2) is 9.73. The summed E-state index contributed by atoms with van der Waals surface area (Å²) in [6.07, 6.45) is 2.29. The summed E-state index contributed by atoms with van der Waals surface area (Å²) in [5.74, 6) is -0.642. The molecule has 0 saturated heterocycles. The van der Waals surface area contributed by atoms with Crippen molar-refractivity contribution in [3.05, 3.63) is 47.3 Å². The Morgan fingerprint density at radius 2 is 1.86 bits per heavy atom. The number of ether oxygens (including phenoxy) is 1. The van der Waals surface area contributed by atoms with Crippen molar-refractivity contribution >= 4 is 18.0 Å². The lowest BCUT2D eigenvalue weighted by Gasteiger charge is -2.11. The minimum Gasteiger partial charge on any atom is -0.494 e. The number of carbonyl (C=O) groups is 2. The number of hydrazone groups is 1. The zero-order valence-electron chi connectivity index (χ0n) is 17.1. The molecule has 0 spiro atoms. The molecule has 2 N–H and O–H groups in total. The van der Waals surface area contributed by atoms with E-state index in [1.807, 2.05) is 65.0 Å². The summed E-state index contributed by atoms with van der Waals surface area (Å²) in [5, 5.41) is 6.52. The first-order valence-corrected chi connectivity index (χ1v) is 9.43. The Morgan fingerprint density at radius 1 is 1.18 bits per heavy atom. The van der Waals surface area contributed by atoms with Gasteiger partial charge in [-0.3, -0.25) is 9.59 Å². The predicted molar refractivity (Wildman–Crippen MR) is 110 cm³/mol. The lowest BCUT2D eigenvalue weighted by molar-refractivity contribution is -0.139. The van der Waals surface area contributed by atoms with Crippen LogP contribution in [0.1, 0.15) is 44.1 Å². The highest BCUT2D eigenvalue weighted by Gasteiger charge is 2.14. The highest BCUT2D eigenvalue weighted by molar-refractivity contribution is 6.35. The summed E-state index contributed by atoms with van der Waals surface area (Å²) >= 11 is 0. The number of rotatable bonds is 7. The average Bonchev–Trinajstić information content (AvgIpc) is 2.96. The molecule has 0 unspecified atom stereocenters. The van der Waals surface area contributed by atoms with Crippen LogP contribution in [0.3, 0.4) is 0 Å². The number of nitrogens with zero attached hydrogens (tertiary/aromatic N) is 2. The third-order valence-electron chi connectivity index (χ3n) is 4.44. The summed E-state index contributed by atoms with van der Waals surface area (Å²) < 4.78 is 7.58. The largest absolute Gasteiger partial charge is 0.494 e. The molecule has 0 bridgehead atoms. The van der Waals surface area contributed by atoms with Gasteiger partial charge in [-0.15, -0.1) is 0 Å². The molecule has 1 aromatic heterocycles. The van der Waals surface area contributed by atoms with E-state index < -0.39 is 11.8 Å². The molecular formula is C21H28N4O3. The van der Waals surface area contributed by atoms with E-state index in [1.165, 1.54) is 0 Å². The number of benzene rings is 1. The van der Waals surface area contributed by atoms with Crippen LogP contribution in [0, 0.1) is 13.8 Å². The van der Waals surface area contributed by atoms with E-state index in [0.717, 1.165) is 34.8 Å². The number of aryl methyl sites for hydroxylation is 1. The van der Waals surface area contributed by atoms with Crippen molar-refractivity contribution < 1.29 is 14.3 Å². The summed E-state index contributed by atoms with van der Waals surface area (Å²) in [6.45, 7) is 10.3. The summed E-state index contributed by atoms with van der Waals surface area (Å²) in [4.78, 5) is 23.5. The van der Waals surface area contributed by atoms with E-state index in [9.17, 15) is 9.59 Å². The van der Waals surface area contributed by atoms with Crippen LogP contribution >= 0.6 is 0 Å². The zero-order chi connectivity index (χ0) is 20.7. The van der Waals surface area contributed by atoms with Gasteiger partial charge in [0.2, 0.25) is 0 Å². The maximum Gasteiger partial charge on any atom is 0.329 e. The average molecular weight is 384 g/mol. The zero-order valence-corrected chi connectivity index (χ0v) is 17.1. The molecule has 28 heavy (non-hydrogen) atoms. The van der Waals surface area contributed by atoms with E-state index in [0.29, 0.717) is 6.61 Å². The molecule has 1 heterocycles. The fourth-order valence-corrected chi connectivity index (χ4v) is 2.78. The van der Waals surface area contributed by atoms with Gasteiger partial charge in [-0.1, -0.05) is 6.92 Å². The first-order valence-electron chi connectivity index (χ1n) is 9.43. The molecule has 2 amide bonds. The smallest absolute Gasteiger partial charge is 0.329 e. The van der Waals surface area contributed by atoms with Gasteiger partial charge in [0.1, 0.15) is 5.75 Å². The number of aromatic nitrogens is 1. The van der Waals surface area contributed by atoms with Gasteiger partial charge < -0.3 is 14.6 Å². The molecule has 1 atom stereocenters. The molecule has 2 rings (SSSR count). The summed E-state index contributed by atoms with van der Waals surface area (Å²) in [5.41, 5.74) is 6.14. The van der Waals surface area contributed by atoms with Crippen molar-refractivity contribution in [2.45, 2.75) is 47.1 Å². The Balaban J connectivity index is 2.09. The van der Waals surface area contributed by atoms with Gasteiger partial charge in [0.05, 0.1) is 12.8 Å². The third-order valence-corrected chi connectivity index (χ3v) is 4.44. The van der Waals surface area contributed by atoms with Crippen molar-refractivity contribution in [3.8, 4) is 11.4 Å². The minimum atomic E-state index is -0.781. The Bertz CT molecular complexity index is 853. The monoisotopic (exact) mass is 384 g/mol. The number of nitrogens with one attached hydrogen (secondary N) is 2. The molecule has 7 heteroatoms. The second-order valence-electron chi connectivity index (χ2n) is 6.57. The highest BCUT2D eigenvalue weighted by atomic mass is 16.5. The van der Waals surface area contributed by atoms with Gasteiger partial charge in [0.25, 0.3) is 0 Å². The van der Waals surface area contributed by atoms with Crippen molar-refractivity contribution in [2.24, 2.45) is 5.10 Å². The highest BCUT2D eigenvalue weighted by Crippen LogP contribution is 2.22. The Labute approximate surface area is 165 Å². The molecule has 0 aliphatic heterocycles. The van der Waals surface area contributed by atoms with Crippen LogP contribution < -0.4 is 15.5 Å². The van der Waals surface area contributed by atoms with Crippen molar-refractivity contribution in [3.63, 3.8) is 0 Å². The number of carbonyl (C=O) groups excluding carboxylic acids is 2. The van der Waals surface area contributed by atoms with Gasteiger partial charge in [-0.05, 0) is 64.4 Å². The van der Waals surface area contributed by atoms with Crippen molar-refractivity contribution in [2.75, 3.05) is 6.61 Å². The van der Waals surface area contributed by atoms with Crippen LogP contribution in [0.4, 0.5) is 0 Å².